The maximum absolute atomic E-state index is 5.96. The minimum absolute atomic E-state index is 0.0799. The molecule has 0 radical (unpaired) electrons. The van der Waals surface area contributed by atoms with Crippen molar-refractivity contribution < 1.29 is 4.74 Å². The summed E-state index contributed by atoms with van der Waals surface area (Å²) >= 11 is 0. The Hall–Kier alpha value is -1.61. The fourth-order valence-electron chi connectivity index (χ4n) is 2.09. The number of para-hydroxylation sites is 1. The van der Waals surface area contributed by atoms with Crippen molar-refractivity contribution in [3.8, 4) is 5.75 Å². The Morgan fingerprint density at radius 1 is 1.19 bits per heavy atom. The van der Waals surface area contributed by atoms with E-state index in [0.29, 0.717) is 0 Å². The van der Waals surface area contributed by atoms with Gasteiger partial charge in [-0.2, -0.15) is 0 Å². The first-order valence-corrected chi connectivity index (χ1v) is 7.76. The van der Waals surface area contributed by atoms with E-state index in [-0.39, 0.29) is 5.54 Å². The SMILES string of the molecule is CCCCOc1cc(CNC(C)(C)C)nc2ccccc12. The average molecular weight is 286 g/mol. The quantitative estimate of drug-likeness (QED) is 0.804. The summed E-state index contributed by atoms with van der Waals surface area (Å²) in [4.78, 5) is 4.72. The van der Waals surface area contributed by atoms with Crippen LogP contribution in [0.5, 0.6) is 5.75 Å². The first kappa shape index (κ1) is 15.8. The highest BCUT2D eigenvalue weighted by atomic mass is 16.5. The highest BCUT2D eigenvalue weighted by Gasteiger charge is 2.11. The second-order valence-electron chi connectivity index (χ2n) is 6.43. The summed E-state index contributed by atoms with van der Waals surface area (Å²) in [6, 6.07) is 10.2. The number of ether oxygens (including phenoxy) is 1. The van der Waals surface area contributed by atoms with Gasteiger partial charge in [0.25, 0.3) is 0 Å². The van der Waals surface area contributed by atoms with E-state index in [2.05, 4.69) is 45.1 Å². The van der Waals surface area contributed by atoms with Gasteiger partial charge in [0.05, 0.1) is 17.8 Å². The molecule has 0 atom stereocenters. The molecular formula is C18H26N2O. The Bertz CT molecular complexity index is 587. The van der Waals surface area contributed by atoms with Crippen LogP contribution in [0.25, 0.3) is 10.9 Å². The van der Waals surface area contributed by atoms with E-state index in [1.165, 1.54) is 0 Å². The van der Waals surface area contributed by atoms with Crippen LogP contribution in [0.15, 0.2) is 30.3 Å². The molecule has 1 N–H and O–H groups in total. The normalized spacial score (nSPS) is 11.8. The summed E-state index contributed by atoms with van der Waals surface area (Å²) in [7, 11) is 0. The fourth-order valence-corrected chi connectivity index (χ4v) is 2.09. The van der Waals surface area contributed by atoms with E-state index in [9.17, 15) is 0 Å². The largest absolute Gasteiger partial charge is 0.493 e. The van der Waals surface area contributed by atoms with Crippen LogP contribution in [0.3, 0.4) is 0 Å². The molecule has 0 spiro atoms. The summed E-state index contributed by atoms with van der Waals surface area (Å²) in [5, 5.41) is 4.57. The van der Waals surface area contributed by atoms with Gasteiger partial charge in [0, 0.05) is 23.5 Å². The smallest absolute Gasteiger partial charge is 0.130 e. The Morgan fingerprint density at radius 3 is 2.67 bits per heavy atom. The summed E-state index contributed by atoms with van der Waals surface area (Å²) in [5.74, 6) is 0.944. The zero-order valence-electron chi connectivity index (χ0n) is 13.6. The molecule has 2 rings (SSSR count). The molecule has 0 fully saturated rings. The van der Waals surface area contributed by atoms with Gasteiger partial charge in [-0.05, 0) is 39.3 Å². The molecule has 0 unspecified atom stereocenters. The molecule has 0 saturated carbocycles. The summed E-state index contributed by atoms with van der Waals surface area (Å²) in [6.07, 6.45) is 2.22. The van der Waals surface area contributed by atoms with Crippen molar-refractivity contribution in [2.45, 2.75) is 52.6 Å². The average Bonchev–Trinajstić information content (AvgIpc) is 2.44. The highest BCUT2D eigenvalue weighted by molar-refractivity contribution is 5.85. The Labute approximate surface area is 127 Å². The summed E-state index contributed by atoms with van der Waals surface area (Å²) < 4.78 is 5.96. The lowest BCUT2D eigenvalue weighted by Gasteiger charge is -2.20. The Kier molecular flexibility index (Phi) is 5.18. The van der Waals surface area contributed by atoms with Gasteiger partial charge in [0.1, 0.15) is 5.75 Å². The van der Waals surface area contributed by atoms with Gasteiger partial charge in [0.15, 0.2) is 0 Å². The topological polar surface area (TPSA) is 34.1 Å². The monoisotopic (exact) mass is 286 g/mol. The molecule has 114 valence electrons. The van der Waals surface area contributed by atoms with Gasteiger partial charge in [-0.15, -0.1) is 0 Å². The number of nitrogens with one attached hydrogen (secondary N) is 1. The van der Waals surface area contributed by atoms with Crippen LogP contribution in [-0.2, 0) is 6.54 Å². The maximum atomic E-state index is 5.96. The summed E-state index contributed by atoms with van der Waals surface area (Å²) in [6.45, 7) is 10.2. The van der Waals surface area contributed by atoms with Gasteiger partial charge in [-0.3, -0.25) is 4.98 Å². The molecule has 0 aliphatic rings. The number of rotatable bonds is 6. The number of hydrogen-bond acceptors (Lipinski definition) is 3. The van der Waals surface area contributed by atoms with Gasteiger partial charge in [-0.25, -0.2) is 0 Å². The standard InChI is InChI=1S/C18H26N2O/c1-5-6-11-21-17-12-14(13-19-18(2,3)4)20-16-10-8-7-9-15(16)17/h7-10,12,19H,5-6,11,13H2,1-4H3. The van der Waals surface area contributed by atoms with Gasteiger partial charge < -0.3 is 10.1 Å². The van der Waals surface area contributed by atoms with Crippen molar-refractivity contribution in [2.75, 3.05) is 6.61 Å². The van der Waals surface area contributed by atoms with E-state index in [1.54, 1.807) is 0 Å². The van der Waals surface area contributed by atoms with E-state index in [0.717, 1.165) is 48.3 Å². The number of unbranched alkanes of at least 4 members (excludes halogenated alkanes) is 1. The maximum Gasteiger partial charge on any atom is 0.130 e. The number of pyridine rings is 1. The molecule has 3 nitrogen and oxygen atoms in total. The molecule has 2 aromatic rings. The zero-order valence-corrected chi connectivity index (χ0v) is 13.6. The minimum atomic E-state index is 0.0799. The third kappa shape index (κ3) is 4.71. The Balaban J connectivity index is 2.26. The number of aromatic nitrogens is 1. The van der Waals surface area contributed by atoms with Crippen molar-refractivity contribution >= 4 is 10.9 Å². The van der Waals surface area contributed by atoms with Crippen molar-refractivity contribution in [2.24, 2.45) is 0 Å². The van der Waals surface area contributed by atoms with Crippen molar-refractivity contribution in [1.82, 2.24) is 10.3 Å². The number of fused-ring (bicyclic) bond motifs is 1. The first-order valence-electron chi connectivity index (χ1n) is 7.76. The van der Waals surface area contributed by atoms with Crippen LogP contribution in [0.4, 0.5) is 0 Å². The lowest BCUT2D eigenvalue weighted by molar-refractivity contribution is 0.312. The number of benzene rings is 1. The van der Waals surface area contributed by atoms with Crippen molar-refractivity contribution in [1.29, 1.82) is 0 Å². The highest BCUT2D eigenvalue weighted by Crippen LogP contribution is 2.25. The second kappa shape index (κ2) is 6.90. The molecule has 0 aliphatic carbocycles. The van der Waals surface area contributed by atoms with Crippen LogP contribution in [0.1, 0.15) is 46.2 Å². The third-order valence-electron chi connectivity index (χ3n) is 3.29. The lowest BCUT2D eigenvalue weighted by Crippen LogP contribution is -2.35. The van der Waals surface area contributed by atoms with Crippen molar-refractivity contribution in [3.63, 3.8) is 0 Å². The van der Waals surface area contributed by atoms with Gasteiger partial charge >= 0.3 is 0 Å². The lowest BCUT2D eigenvalue weighted by atomic mass is 10.1. The number of hydrogen-bond donors (Lipinski definition) is 1. The minimum Gasteiger partial charge on any atom is -0.493 e. The molecule has 0 aliphatic heterocycles. The molecule has 1 heterocycles. The van der Waals surface area contributed by atoms with Crippen LogP contribution < -0.4 is 10.1 Å². The summed E-state index contributed by atoms with van der Waals surface area (Å²) in [5.41, 5.74) is 2.10. The zero-order chi connectivity index (χ0) is 15.3. The van der Waals surface area contributed by atoms with Crippen molar-refractivity contribution in [3.05, 3.63) is 36.0 Å². The number of nitrogens with zero attached hydrogens (tertiary/aromatic N) is 1. The molecular weight excluding hydrogens is 260 g/mol. The molecule has 0 saturated heterocycles. The van der Waals surface area contributed by atoms with Crippen LogP contribution in [-0.4, -0.2) is 17.1 Å². The van der Waals surface area contributed by atoms with Crippen LogP contribution in [0, 0.1) is 0 Å². The predicted octanol–water partition coefficient (Wildman–Crippen LogP) is 4.30. The van der Waals surface area contributed by atoms with Crippen LogP contribution >= 0.6 is 0 Å². The van der Waals surface area contributed by atoms with Gasteiger partial charge in [-0.1, -0.05) is 25.5 Å². The third-order valence-corrected chi connectivity index (χ3v) is 3.29. The second-order valence-corrected chi connectivity index (χ2v) is 6.43. The Morgan fingerprint density at radius 2 is 1.95 bits per heavy atom. The van der Waals surface area contributed by atoms with E-state index in [4.69, 9.17) is 9.72 Å². The van der Waals surface area contributed by atoms with E-state index >= 15 is 0 Å². The first-order chi connectivity index (χ1) is 9.99. The molecule has 1 aromatic carbocycles. The molecule has 0 bridgehead atoms. The predicted molar refractivity (Wildman–Crippen MR) is 88.7 cm³/mol. The molecule has 3 heteroatoms. The molecule has 1 aromatic heterocycles. The molecule has 0 amide bonds. The van der Waals surface area contributed by atoms with E-state index < -0.39 is 0 Å². The molecule has 21 heavy (non-hydrogen) atoms. The van der Waals surface area contributed by atoms with Crippen LogP contribution in [0.2, 0.25) is 0 Å². The van der Waals surface area contributed by atoms with Gasteiger partial charge in [0.2, 0.25) is 0 Å². The van der Waals surface area contributed by atoms with E-state index in [1.807, 2.05) is 18.2 Å². The fraction of sp³-hybridized carbons (Fsp3) is 0.500.